The first-order chi connectivity index (χ1) is 13.3. The number of alkyl halides is 3. The summed E-state index contributed by atoms with van der Waals surface area (Å²) in [6.07, 6.45) is -4.37. The molecule has 0 bridgehead atoms. The van der Waals surface area contributed by atoms with E-state index in [9.17, 15) is 18.0 Å². The molecule has 3 atom stereocenters. The third-order valence-electron chi connectivity index (χ3n) is 4.97. The van der Waals surface area contributed by atoms with Gasteiger partial charge in [0.25, 0.3) is 0 Å². The Balaban J connectivity index is 1.70. The van der Waals surface area contributed by atoms with Crippen LogP contribution in [0, 0.1) is 5.92 Å². The molecule has 1 aliphatic rings. The fraction of sp³-hybridized carbons (Fsp3) is 0.400. The van der Waals surface area contributed by atoms with Crippen LogP contribution in [0.4, 0.5) is 13.2 Å². The van der Waals surface area contributed by atoms with Crippen LogP contribution < -0.4 is 15.4 Å². The molecule has 0 saturated carbocycles. The second kappa shape index (κ2) is 8.18. The minimum Gasteiger partial charge on any atom is -0.481 e. The molecule has 2 N–H and O–H groups in total. The van der Waals surface area contributed by atoms with Crippen molar-refractivity contribution in [1.29, 1.82) is 0 Å². The van der Waals surface area contributed by atoms with E-state index in [1.807, 2.05) is 6.92 Å². The van der Waals surface area contributed by atoms with E-state index in [-0.39, 0.29) is 23.8 Å². The Morgan fingerprint density at radius 1 is 1.21 bits per heavy atom. The summed E-state index contributed by atoms with van der Waals surface area (Å²) in [5.74, 6) is -0.256. The number of carbonyl (C=O) groups is 1. The van der Waals surface area contributed by atoms with Gasteiger partial charge in [0.1, 0.15) is 0 Å². The zero-order valence-corrected chi connectivity index (χ0v) is 15.6. The number of hydrogen-bond donors (Lipinski definition) is 2. The number of hydrogen-bond acceptors (Lipinski definition) is 4. The standard InChI is InChI=1S/C20H22F3N3O2/c1-12(17-4-3-5-18(26-17)28-2)25-19(27)16-11-24-10-15(16)13-6-8-14(9-7-13)20(21,22)23/h3-9,12,15-16,24H,10-11H2,1-2H3,(H,25,27). The van der Waals surface area contributed by atoms with Crippen molar-refractivity contribution in [3.8, 4) is 5.88 Å². The van der Waals surface area contributed by atoms with E-state index >= 15 is 0 Å². The van der Waals surface area contributed by atoms with Gasteiger partial charge in [0, 0.05) is 25.1 Å². The molecule has 1 fully saturated rings. The molecular formula is C20H22F3N3O2. The minimum absolute atomic E-state index is 0.160. The van der Waals surface area contributed by atoms with Gasteiger partial charge in [-0.05, 0) is 30.7 Å². The van der Waals surface area contributed by atoms with Gasteiger partial charge >= 0.3 is 6.18 Å². The van der Waals surface area contributed by atoms with Crippen LogP contribution >= 0.6 is 0 Å². The number of nitrogens with one attached hydrogen (secondary N) is 2. The van der Waals surface area contributed by atoms with Gasteiger partial charge in [0.05, 0.1) is 30.3 Å². The summed E-state index contributed by atoms with van der Waals surface area (Å²) in [6.45, 7) is 2.83. The van der Waals surface area contributed by atoms with E-state index in [1.165, 1.54) is 19.2 Å². The minimum atomic E-state index is -4.37. The molecule has 1 aliphatic heterocycles. The number of rotatable bonds is 5. The number of methoxy groups -OCH3 is 1. The zero-order chi connectivity index (χ0) is 20.3. The average molecular weight is 393 g/mol. The van der Waals surface area contributed by atoms with Crippen molar-refractivity contribution in [1.82, 2.24) is 15.6 Å². The van der Waals surface area contributed by atoms with E-state index in [2.05, 4.69) is 15.6 Å². The molecular weight excluding hydrogens is 371 g/mol. The van der Waals surface area contributed by atoms with Crippen molar-refractivity contribution in [2.45, 2.75) is 25.1 Å². The number of carbonyl (C=O) groups excluding carboxylic acids is 1. The zero-order valence-electron chi connectivity index (χ0n) is 15.6. The Kier molecular flexibility index (Phi) is 5.88. The molecule has 0 radical (unpaired) electrons. The molecule has 0 spiro atoms. The molecule has 1 saturated heterocycles. The largest absolute Gasteiger partial charge is 0.481 e. The molecule has 8 heteroatoms. The van der Waals surface area contributed by atoms with Gasteiger partial charge < -0.3 is 15.4 Å². The Bertz CT molecular complexity index is 824. The molecule has 150 valence electrons. The summed E-state index contributed by atoms with van der Waals surface area (Å²) in [5.41, 5.74) is 0.691. The van der Waals surface area contributed by atoms with Crippen LogP contribution in [-0.4, -0.2) is 31.1 Å². The highest BCUT2D eigenvalue weighted by molar-refractivity contribution is 5.81. The van der Waals surface area contributed by atoms with Gasteiger partial charge in [-0.15, -0.1) is 0 Å². The third kappa shape index (κ3) is 4.44. The number of benzene rings is 1. The molecule has 1 aromatic heterocycles. The van der Waals surface area contributed by atoms with Gasteiger partial charge in [0.15, 0.2) is 0 Å². The molecule has 3 rings (SSSR count). The van der Waals surface area contributed by atoms with E-state index in [1.54, 1.807) is 18.2 Å². The first kappa shape index (κ1) is 20.1. The van der Waals surface area contributed by atoms with E-state index < -0.39 is 11.7 Å². The molecule has 1 amide bonds. The SMILES string of the molecule is COc1cccc(C(C)NC(=O)C2CNCC2c2ccc(C(F)(F)F)cc2)n1. The smallest absolute Gasteiger partial charge is 0.416 e. The summed E-state index contributed by atoms with van der Waals surface area (Å²) in [4.78, 5) is 17.1. The Morgan fingerprint density at radius 3 is 2.57 bits per heavy atom. The topological polar surface area (TPSA) is 63.2 Å². The van der Waals surface area contributed by atoms with Crippen LogP contribution in [0.5, 0.6) is 5.88 Å². The summed E-state index contributed by atoms with van der Waals surface area (Å²) in [7, 11) is 1.52. The summed E-state index contributed by atoms with van der Waals surface area (Å²) in [5, 5.41) is 6.11. The van der Waals surface area contributed by atoms with Gasteiger partial charge in [-0.25, -0.2) is 4.98 Å². The van der Waals surface area contributed by atoms with Gasteiger partial charge in [-0.3, -0.25) is 4.79 Å². The lowest BCUT2D eigenvalue weighted by atomic mass is 9.87. The first-order valence-corrected chi connectivity index (χ1v) is 8.99. The summed E-state index contributed by atoms with van der Waals surface area (Å²) in [6, 6.07) is 10.0. The Morgan fingerprint density at radius 2 is 1.93 bits per heavy atom. The van der Waals surface area contributed by atoms with Gasteiger partial charge in [0.2, 0.25) is 11.8 Å². The lowest BCUT2D eigenvalue weighted by Gasteiger charge is -2.22. The second-order valence-corrected chi connectivity index (χ2v) is 6.83. The van der Waals surface area contributed by atoms with Crippen molar-refractivity contribution >= 4 is 5.91 Å². The van der Waals surface area contributed by atoms with Crippen LogP contribution in [0.1, 0.15) is 35.7 Å². The van der Waals surface area contributed by atoms with Crippen LogP contribution in [0.25, 0.3) is 0 Å². The molecule has 2 heterocycles. The maximum atomic E-state index is 12.8. The number of nitrogens with zero attached hydrogens (tertiary/aromatic N) is 1. The van der Waals surface area contributed by atoms with Crippen molar-refractivity contribution < 1.29 is 22.7 Å². The van der Waals surface area contributed by atoms with Gasteiger partial charge in [-0.2, -0.15) is 13.2 Å². The van der Waals surface area contributed by atoms with E-state index in [0.717, 1.165) is 12.1 Å². The Labute approximate surface area is 161 Å². The lowest BCUT2D eigenvalue weighted by molar-refractivity contribution is -0.137. The molecule has 5 nitrogen and oxygen atoms in total. The summed E-state index contributed by atoms with van der Waals surface area (Å²) < 4.78 is 43.4. The molecule has 0 aliphatic carbocycles. The van der Waals surface area contributed by atoms with Crippen LogP contribution in [0.3, 0.4) is 0 Å². The highest BCUT2D eigenvalue weighted by atomic mass is 19.4. The monoisotopic (exact) mass is 393 g/mol. The fourth-order valence-electron chi connectivity index (χ4n) is 3.40. The number of amides is 1. The first-order valence-electron chi connectivity index (χ1n) is 8.99. The maximum absolute atomic E-state index is 12.8. The van der Waals surface area contributed by atoms with Crippen molar-refractivity contribution in [2.75, 3.05) is 20.2 Å². The van der Waals surface area contributed by atoms with Crippen molar-refractivity contribution in [3.05, 3.63) is 59.3 Å². The molecule has 3 unspecified atom stereocenters. The molecule has 2 aromatic rings. The van der Waals surface area contributed by atoms with Crippen LogP contribution in [0.15, 0.2) is 42.5 Å². The third-order valence-corrected chi connectivity index (χ3v) is 4.97. The molecule has 28 heavy (non-hydrogen) atoms. The Hall–Kier alpha value is -2.61. The molecule has 1 aromatic carbocycles. The normalized spacial score (nSPS) is 20.6. The highest BCUT2D eigenvalue weighted by Crippen LogP contribution is 2.33. The number of pyridine rings is 1. The van der Waals surface area contributed by atoms with Crippen molar-refractivity contribution in [2.24, 2.45) is 5.92 Å². The van der Waals surface area contributed by atoms with Crippen LogP contribution in [0.2, 0.25) is 0 Å². The number of aromatic nitrogens is 1. The van der Waals surface area contributed by atoms with E-state index in [4.69, 9.17) is 4.74 Å². The van der Waals surface area contributed by atoms with Gasteiger partial charge in [-0.1, -0.05) is 18.2 Å². The fourth-order valence-corrected chi connectivity index (χ4v) is 3.40. The number of halogens is 3. The van der Waals surface area contributed by atoms with Crippen LogP contribution in [-0.2, 0) is 11.0 Å². The quantitative estimate of drug-likeness (QED) is 0.818. The highest BCUT2D eigenvalue weighted by Gasteiger charge is 2.36. The summed E-state index contributed by atoms with van der Waals surface area (Å²) >= 11 is 0. The van der Waals surface area contributed by atoms with Crippen molar-refractivity contribution in [3.63, 3.8) is 0 Å². The van der Waals surface area contributed by atoms with E-state index in [0.29, 0.717) is 30.2 Å². The average Bonchev–Trinajstić information content (AvgIpc) is 3.17. The maximum Gasteiger partial charge on any atom is 0.416 e. The lowest BCUT2D eigenvalue weighted by Crippen LogP contribution is -2.36. The predicted octanol–water partition coefficient (Wildman–Crippen LogP) is 3.29. The second-order valence-electron chi connectivity index (χ2n) is 6.83. The number of ether oxygens (including phenoxy) is 1. The predicted molar refractivity (Wildman–Crippen MR) is 97.9 cm³/mol.